The van der Waals surface area contributed by atoms with Crippen LogP contribution in [0.1, 0.15) is 71.1 Å². The van der Waals surface area contributed by atoms with Gasteiger partial charge in [-0.1, -0.05) is 75.5 Å². The third kappa shape index (κ3) is 15.2. The summed E-state index contributed by atoms with van der Waals surface area (Å²) in [7, 11) is 0. The first-order valence-corrected chi connectivity index (χ1v) is 7.66. The summed E-state index contributed by atoms with van der Waals surface area (Å²) in [6.45, 7) is 6.03. The van der Waals surface area contributed by atoms with Gasteiger partial charge < -0.3 is 0 Å². The van der Waals surface area contributed by atoms with Gasteiger partial charge in [-0.25, -0.2) is 0 Å². The Morgan fingerprint density at radius 1 is 0.667 bits per heavy atom. The van der Waals surface area contributed by atoms with Gasteiger partial charge in [-0.2, -0.15) is 0 Å². The second-order valence-corrected chi connectivity index (χ2v) is 4.73. The Morgan fingerprint density at radius 2 is 1.22 bits per heavy atom. The molecule has 0 N–H and O–H groups in total. The van der Waals surface area contributed by atoms with Gasteiger partial charge in [-0.3, -0.25) is 0 Å². The van der Waals surface area contributed by atoms with Crippen molar-refractivity contribution in [1.29, 1.82) is 0 Å². The lowest BCUT2D eigenvalue weighted by molar-refractivity contribution is 0.611. The standard InChI is InChI=1S/C18H31/c1-3-5-7-9-11-13-15-17-18-16-14-12-10-8-6-4-2/h5,7,11,13,17-18H,1,3-4,6,8-10,12,14-16H2,2H3/b7-5-,13-11-,18-17-. The second-order valence-electron chi connectivity index (χ2n) is 4.73. The van der Waals surface area contributed by atoms with Crippen LogP contribution in [0.25, 0.3) is 0 Å². The van der Waals surface area contributed by atoms with E-state index in [9.17, 15) is 0 Å². The smallest absolute Gasteiger partial charge is 0.0169 e. The number of hydrogen-bond acceptors (Lipinski definition) is 0. The van der Waals surface area contributed by atoms with Crippen LogP contribution < -0.4 is 0 Å². The zero-order chi connectivity index (χ0) is 13.3. The third-order valence-electron chi connectivity index (χ3n) is 2.94. The van der Waals surface area contributed by atoms with Crippen LogP contribution in [0.4, 0.5) is 0 Å². The van der Waals surface area contributed by atoms with Gasteiger partial charge in [0, 0.05) is 0 Å². The molecule has 0 aliphatic rings. The van der Waals surface area contributed by atoms with Crippen molar-refractivity contribution in [2.24, 2.45) is 0 Å². The maximum absolute atomic E-state index is 3.76. The molecule has 0 nitrogen and oxygen atoms in total. The molecule has 0 atom stereocenters. The first kappa shape index (κ1) is 17.2. The van der Waals surface area contributed by atoms with Gasteiger partial charge in [0.15, 0.2) is 0 Å². The average molecular weight is 247 g/mol. The predicted octanol–water partition coefficient (Wildman–Crippen LogP) is 6.41. The average Bonchev–Trinajstić information content (AvgIpc) is 2.39. The molecule has 18 heavy (non-hydrogen) atoms. The first-order chi connectivity index (χ1) is 8.91. The molecule has 0 saturated heterocycles. The molecule has 0 heteroatoms. The van der Waals surface area contributed by atoms with E-state index in [0.29, 0.717) is 0 Å². The van der Waals surface area contributed by atoms with Crippen LogP contribution in [0, 0.1) is 6.92 Å². The van der Waals surface area contributed by atoms with Gasteiger partial charge in [0.2, 0.25) is 0 Å². The molecule has 103 valence electrons. The van der Waals surface area contributed by atoms with Gasteiger partial charge in [0.05, 0.1) is 0 Å². The zero-order valence-corrected chi connectivity index (χ0v) is 12.2. The van der Waals surface area contributed by atoms with Gasteiger partial charge in [0.1, 0.15) is 0 Å². The number of rotatable bonds is 12. The van der Waals surface area contributed by atoms with E-state index < -0.39 is 0 Å². The molecular formula is C18H31. The Bertz CT molecular complexity index is 220. The van der Waals surface area contributed by atoms with Gasteiger partial charge in [-0.15, -0.1) is 0 Å². The molecule has 0 aromatic carbocycles. The van der Waals surface area contributed by atoms with E-state index >= 15 is 0 Å². The van der Waals surface area contributed by atoms with Crippen LogP contribution in [0.5, 0.6) is 0 Å². The molecule has 0 saturated carbocycles. The molecule has 0 rings (SSSR count). The summed E-state index contributed by atoms with van der Waals surface area (Å²) < 4.78 is 0. The molecule has 0 aromatic rings. The monoisotopic (exact) mass is 247 g/mol. The largest absolute Gasteiger partial charge is 0.0882 e. The molecule has 1 radical (unpaired) electrons. The van der Waals surface area contributed by atoms with E-state index in [1.54, 1.807) is 0 Å². The lowest BCUT2D eigenvalue weighted by atomic mass is 10.1. The lowest BCUT2D eigenvalue weighted by Crippen LogP contribution is -1.77. The van der Waals surface area contributed by atoms with Crippen molar-refractivity contribution >= 4 is 0 Å². The van der Waals surface area contributed by atoms with Crippen molar-refractivity contribution in [1.82, 2.24) is 0 Å². The molecule has 0 amide bonds. The van der Waals surface area contributed by atoms with E-state index in [1.807, 2.05) is 0 Å². The molecule has 0 spiro atoms. The van der Waals surface area contributed by atoms with Crippen molar-refractivity contribution in [2.45, 2.75) is 71.1 Å². The Balaban J connectivity index is 3.20. The van der Waals surface area contributed by atoms with Crippen molar-refractivity contribution in [3.8, 4) is 0 Å². The number of hydrogen-bond donors (Lipinski definition) is 0. The molecule has 0 unspecified atom stereocenters. The highest BCUT2D eigenvalue weighted by Gasteiger charge is 1.87. The summed E-state index contributed by atoms with van der Waals surface area (Å²) in [4.78, 5) is 0. The van der Waals surface area contributed by atoms with Crippen molar-refractivity contribution < 1.29 is 0 Å². The summed E-state index contributed by atoms with van der Waals surface area (Å²) >= 11 is 0. The molecule has 0 aliphatic carbocycles. The van der Waals surface area contributed by atoms with E-state index in [0.717, 1.165) is 19.3 Å². The molecule has 0 heterocycles. The van der Waals surface area contributed by atoms with E-state index in [1.165, 1.54) is 44.9 Å². The molecule has 0 bridgehead atoms. The Morgan fingerprint density at radius 3 is 1.89 bits per heavy atom. The SMILES string of the molecule is [CH2]C/C=C\C/C=C\C/C=C\CCCCCCCC. The quantitative estimate of drug-likeness (QED) is 0.276. The molecular weight excluding hydrogens is 216 g/mol. The summed E-state index contributed by atoms with van der Waals surface area (Å²) in [5.41, 5.74) is 0. The van der Waals surface area contributed by atoms with Crippen LogP contribution in [-0.4, -0.2) is 0 Å². The van der Waals surface area contributed by atoms with E-state index in [4.69, 9.17) is 0 Å². The highest BCUT2D eigenvalue weighted by molar-refractivity contribution is 4.97. The van der Waals surface area contributed by atoms with Crippen LogP contribution in [0.2, 0.25) is 0 Å². The zero-order valence-electron chi connectivity index (χ0n) is 12.2. The fourth-order valence-electron chi connectivity index (χ4n) is 1.82. The third-order valence-corrected chi connectivity index (χ3v) is 2.94. The predicted molar refractivity (Wildman–Crippen MR) is 84.6 cm³/mol. The summed E-state index contributed by atoms with van der Waals surface area (Å²) in [6, 6.07) is 0. The topological polar surface area (TPSA) is 0 Å². The molecule has 0 fully saturated rings. The van der Waals surface area contributed by atoms with E-state index in [-0.39, 0.29) is 0 Å². The summed E-state index contributed by atoms with van der Waals surface area (Å²) in [6.07, 6.45) is 26.0. The van der Waals surface area contributed by atoms with Gasteiger partial charge >= 0.3 is 0 Å². The minimum absolute atomic E-state index is 0.895. The fraction of sp³-hybridized carbons (Fsp3) is 0.611. The highest BCUT2D eigenvalue weighted by Crippen LogP contribution is 2.07. The number of allylic oxidation sites excluding steroid dienone is 6. The minimum atomic E-state index is 0.895. The number of unbranched alkanes of at least 4 members (excludes halogenated alkanes) is 6. The maximum atomic E-state index is 3.76. The Hall–Kier alpha value is -0.780. The Labute approximate surface area is 115 Å². The van der Waals surface area contributed by atoms with Crippen LogP contribution >= 0.6 is 0 Å². The van der Waals surface area contributed by atoms with Gasteiger partial charge in [0.25, 0.3) is 0 Å². The Kier molecular flexibility index (Phi) is 15.5. The summed E-state index contributed by atoms with van der Waals surface area (Å²) in [5.74, 6) is 0. The lowest BCUT2D eigenvalue weighted by Gasteiger charge is -1.97. The van der Waals surface area contributed by atoms with E-state index in [2.05, 4.69) is 50.3 Å². The first-order valence-electron chi connectivity index (χ1n) is 7.66. The van der Waals surface area contributed by atoms with Crippen molar-refractivity contribution in [3.63, 3.8) is 0 Å². The molecule has 0 aromatic heterocycles. The maximum Gasteiger partial charge on any atom is -0.0169 e. The second kappa shape index (κ2) is 16.2. The summed E-state index contributed by atoms with van der Waals surface area (Å²) in [5, 5.41) is 0. The normalized spacial score (nSPS) is 12.3. The van der Waals surface area contributed by atoms with Crippen LogP contribution in [0.15, 0.2) is 36.5 Å². The van der Waals surface area contributed by atoms with Crippen molar-refractivity contribution in [2.75, 3.05) is 0 Å². The van der Waals surface area contributed by atoms with Crippen LogP contribution in [-0.2, 0) is 0 Å². The highest BCUT2D eigenvalue weighted by atomic mass is 13.9. The van der Waals surface area contributed by atoms with Gasteiger partial charge in [-0.05, 0) is 39.0 Å². The van der Waals surface area contributed by atoms with Crippen molar-refractivity contribution in [3.05, 3.63) is 43.4 Å². The minimum Gasteiger partial charge on any atom is -0.0882 e. The fourth-order valence-corrected chi connectivity index (χ4v) is 1.82. The van der Waals surface area contributed by atoms with Crippen LogP contribution in [0.3, 0.4) is 0 Å². The molecule has 0 aliphatic heterocycles.